The van der Waals surface area contributed by atoms with Gasteiger partial charge in [-0.25, -0.2) is 4.68 Å². The number of nitrogens with zero attached hydrogens (tertiary/aromatic N) is 5. The summed E-state index contributed by atoms with van der Waals surface area (Å²) in [4.78, 5) is 20.0. The second kappa shape index (κ2) is 8.80. The second-order valence-corrected chi connectivity index (χ2v) is 8.91. The van der Waals surface area contributed by atoms with Crippen LogP contribution in [0.5, 0.6) is 0 Å². The molecule has 0 atom stereocenters. The van der Waals surface area contributed by atoms with Crippen LogP contribution in [0.4, 0.5) is 5.82 Å². The van der Waals surface area contributed by atoms with Gasteiger partial charge in [-0.15, -0.1) is 0 Å². The summed E-state index contributed by atoms with van der Waals surface area (Å²) in [6.45, 7) is 14.2. The van der Waals surface area contributed by atoms with Gasteiger partial charge >= 0.3 is 0 Å². The Kier molecular flexibility index (Phi) is 6.14. The number of amides is 1. The Bertz CT molecular complexity index is 863. The Hall–Kier alpha value is -2.34. The topological polar surface area (TPSA) is 44.6 Å². The fraction of sp³-hybridized carbons (Fsp3) is 0.583. The maximum absolute atomic E-state index is 13.0. The lowest BCUT2D eigenvalue weighted by Gasteiger charge is -2.36. The number of aromatic nitrogens is 2. The van der Waals surface area contributed by atoms with E-state index in [0.717, 1.165) is 62.8 Å². The molecule has 1 aromatic heterocycles. The third-order valence-electron chi connectivity index (χ3n) is 6.37. The van der Waals surface area contributed by atoms with Gasteiger partial charge in [-0.2, -0.15) is 5.10 Å². The van der Waals surface area contributed by atoms with Gasteiger partial charge in [0.05, 0.1) is 17.9 Å². The van der Waals surface area contributed by atoms with E-state index in [9.17, 15) is 4.79 Å². The van der Waals surface area contributed by atoms with E-state index in [-0.39, 0.29) is 11.8 Å². The van der Waals surface area contributed by atoms with Crippen molar-refractivity contribution in [2.45, 2.75) is 53.1 Å². The summed E-state index contributed by atoms with van der Waals surface area (Å²) < 4.78 is 2.09. The second-order valence-electron chi connectivity index (χ2n) is 8.91. The monoisotopic (exact) mass is 409 g/mol. The van der Waals surface area contributed by atoms with Crippen molar-refractivity contribution in [1.82, 2.24) is 19.6 Å². The number of benzene rings is 1. The third-order valence-corrected chi connectivity index (χ3v) is 6.37. The largest absolute Gasteiger partial charge is 0.354 e. The van der Waals surface area contributed by atoms with Crippen molar-refractivity contribution in [3.8, 4) is 5.69 Å². The van der Waals surface area contributed by atoms with Crippen molar-refractivity contribution in [1.29, 1.82) is 0 Å². The molecule has 4 rings (SSSR count). The van der Waals surface area contributed by atoms with E-state index >= 15 is 0 Å². The van der Waals surface area contributed by atoms with Gasteiger partial charge in [0.2, 0.25) is 5.91 Å². The summed E-state index contributed by atoms with van der Waals surface area (Å²) in [6.07, 6.45) is 2.24. The van der Waals surface area contributed by atoms with E-state index in [2.05, 4.69) is 57.5 Å². The maximum Gasteiger partial charge on any atom is 0.225 e. The third kappa shape index (κ3) is 4.24. The highest BCUT2D eigenvalue weighted by atomic mass is 16.2. The fourth-order valence-electron chi connectivity index (χ4n) is 4.36. The first-order chi connectivity index (χ1) is 14.5. The molecule has 2 aromatic rings. The highest BCUT2D eigenvalue weighted by Crippen LogP contribution is 2.34. The molecule has 1 saturated carbocycles. The summed E-state index contributed by atoms with van der Waals surface area (Å²) in [6, 6.07) is 10.8. The number of aryl methyl sites for hydroxylation is 1. The first-order valence-corrected chi connectivity index (χ1v) is 11.4. The van der Waals surface area contributed by atoms with Crippen molar-refractivity contribution in [3.05, 3.63) is 41.6 Å². The molecule has 1 aliphatic carbocycles. The molecule has 2 heterocycles. The molecular weight excluding hydrogens is 374 g/mol. The molecule has 6 heteroatoms. The number of hydrogen-bond donors (Lipinski definition) is 0. The van der Waals surface area contributed by atoms with Crippen LogP contribution in [-0.4, -0.2) is 64.3 Å². The smallest absolute Gasteiger partial charge is 0.225 e. The molecule has 2 fully saturated rings. The molecule has 0 radical (unpaired) electrons. The molecular formula is C24H35N5O. The minimum Gasteiger partial charge on any atom is -0.354 e. The lowest BCUT2D eigenvalue weighted by molar-refractivity contribution is -0.135. The van der Waals surface area contributed by atoms with E-state index in [0.29, 0.717) is 12.6 Å². The number of carbonyl (C=O) groups excluding carboxylic acids is 1. The van der Waals surface area contributed by atoms with Crippen molar-refractivity contribution < 1.29 is 4.79 Å². The Labute approximate surface area is 180 Å². The lowest BCUT2D eigenvalue weighted by atomic mass is 10.1. The van der Waals surface area contributed by atoms with Gasteiger partial charge in [0.1, 0.15) is 5.82 Å². The van der Waals surface area contributed by atoms with Crippen LogP contribution in [0, 0.1) is 12.8 Å². The predicted octanol–water partition coefficient (Wildman–Crippen LogP) is 3.47. The van der Waals surface area contributed by atoms with Gasteiger partial charge in [0.25, 0.3) is 0 Å². The zero-order valence-electron chi connectivity index (χ0n) is 18.8. The normalized spacial score (nSPS) is 17.6. The molecule has 162 valence electrons. The highest BCUT2D eigenvalue weighted by Gasteiger charge is 2.36. The van der Waals surface area contributed by atoms with Gasteiger partial charge in [-0.3, -0.25) is 4.79 Å². The number of anilines is 1. The molecule has 6 nitrogen and oxygen atoms in total. The van der Waals surface area contributed by atoms with Crippen LogP contribution in [0.3, 0.4) is 0 Å². The molecule has 0 spiro atoms. The van der Waals surface area contributed by atoms with Gasteiger partial charge in [-0.05, 0) is 38.4 Å². The van der Waals surface area contributed by atoms with Gasteiger partial charge in [0.15, 0.2) is 0 Å². The maximum atomic E-state index is 13.0. The first kappa shape index (κ1) is 20.9. The number of para-hydroxylation sites is 1. The predicted molar refractivity (Wildman–Crippen MR) is 121 cm³/mol. The van der Waals surface area contributed by atoms with Crippen LogP contribution in [0.2, 0.25) is 0 Å². The molecule has 1 aromatic carbocycles. The summed E-state index contributed by atoms with van der Waals surface area (Å²) in [5.41, 5.74) is 3.30. The summed E-state index contributed by atoms with van der Waals surface area (Å²) in [7, 11) is 0. The average molecular weight is 410 g/mol. The summed E-state index contributed by atoms with van der Waals surface area (Å²) in [5.74, 6) is 1.44. The molecule has 0 N–H and O–H groups in total. The zero-order chi connectivity index (χ0) is 21.3. The number of carbonyl (C=O) groups is 1. The summed E-state index contributed by atoms with van der Waals surface area (Å²) in [5, 5.41) is 4.96. The minimum atomic E-state index is 0.0200. The van der Waals surface area contributed by atoms with Crippen molar-refractivity contribution in [3.63, 3.8) is 0 Å². The van der Waals surface area contributed by atoms with Crippen LogP contribution in [0.15, 0.2) is 30.3 Å². The average Bonchev–Trinajstić information content (AvgIpc) is 3.55. The van der Waals surface area contributed by atoms with E-state index in [1.54, 1.807) is 0 Å². The molecule has 2 aliphatic rings. The van der Waals surface area contributed by atoms with E-state index in [1.807, 2.05) is 19.9 Å². The molecule has 1 aliphatic heterocycles. The lowest BCUT2D eigenvalue weighted by Crippen LogP contribution is -2.47. The van der Waals surface area contributed by atoms with E-state index in [1.165, 1.54) is 5.56 Å². The minimum absolute atomic E-state index is 0.0200. The molecule has 0 bridgehead atoms. The number of rotatable bonds is 7. The Morgan fingerprint density at radius 3 is 2.37 bits per heavy atom. The van der Waals surface area contributed by atoms with Crippen LogP contribution in [0.1, 0.15) is 44.9 Å². The molecule has 1 amide bonds. The van der Waals surface area contributed by atoms with Crippen molar-refractivity contribution in [2.75, 3.05) is 37.6 Å². The van der Waals surface area contributed by atoms with E-state index < -0.39 is 0 Å². The van der Waals surface area contributed by atoms with Gasteiger partial charge in [0, 0.05) is 43.7 Å². The molecule has 0 unspecified atom stereocenters. The van der Waals surface area contributed by atoms with Crippen molar-refractivity contribution >= 4 is 11.7 Å². The Morgan fingerprint density at radius 2 is 1.80 bits per heavy atom. The van der Waals surface area contributed by atoms with Gasteiger partial charge in [-0.1, -0.05) is 39.0 Å². The number of likely N-dealkylation sites (N-methyl/N-ethyl adjacent to an activating group) is 1. The van der Waals surface area contributed by atoms with Crippen LogP contribution in [0.25, 0.3) is 5.69 Å². The SMILES string of the molecule is CCN1CCN(c2c(CN(C(=O)C(C)C)C3CC3)c(C)nn2-c2ccccc2)CC1. The van der Waals surface area contributed by atoms with Crippen LogP contribution >= 0.6 is 0 Å². The number of piperazine rings is 1. The summed E-state index contributed by atoms with van der Waals surface area (Å²) >= 11 is 0. The van der Waals surface area contributed by atoms with Crippen LogP contribution in [-0.2, 0) is 11.3 Å². The van der Waals surface area contributed by atoms with E-state index in [4.69, 9.17) is 5.10 Å². The highest BCUT2D eigenvalue weighted by molar-refractivity contribution is 5.79. The molecule has 30 heavy (non-hydrogen) atoms. The van der Waals surface area contributed by atoms with Gasteiger partial charge < -0.3 is 14.7 Å². The van der Waals surface area contributed by atoms with Crippen LogP contribution < -0.4 is 4.90 Å². The molecule has 1 saturated heterocycles. The Balaban J connectivity index is 1.72. The quantitative estimate of drug-likeness (QED) is 0.702. The Morgan fingerprint density at radius 1 is 1.13 bits per heavy atom. The zero-order valence-corrected chi connectivity index (χ0v) is 18.8. The van der Waals surface area contributed by atoms with Crippen molar-refractivity contribution in [2.24, 2.45) is 5.92 Å². The standard InChI is InChI=1S/C24H35N5O/c1-5-26-13-15-27(16-14-26)23-22(17-28(20-11-12-20)24(30)18(2)3)19(4)25-29(23)21-9-7-6-8-10-21/h6-10,18,20H,5,11-17H2,1-4H3. The first-order valence-electron chi connectivity index (χ1n) is 11.4. The fourth-order valence-corrected chi connectivity index (χ4v) is 4.36. The number of hydrogen-bond acceptors (Lipinski definition) is 4.